The number of thioether (sulfide) groups is 1. The molecule has 2 rings (SSSR count). The monoisotopic (exact) mass is 299 g/mol. The van der Waals surface area contributed by atoms with E-state index in [1.54, 1.807) is 12.1 Å². The largest absolute Gasteiger partial charge is 0.325 e. The first-order chi connectivity index (χ1) is 10.0. The minimum absolute atomic E-state index is 0.0405. The lowest BCUT2D eigenvalue weighted by Crippen LogP contribution is -2.13. The summed E-state index contributed by atoms with van der Waals surface area (Å²) in [6.07, 6.45) is 0. The molecular formula is C17H17NO2S. The molecule has 21 heavy (non-hydrogen) atoms. The van der Waals surface area contributed by atoms with Crippen LogP contribution < -0.4 is 5.32 Å². The first kappa shape index (κ1) is 15.3. The van der Waals surface area contributed by atoms with Crippen molar-refractivity contribution < 1.29 is 9.59 Å². The highest BCUT2D eigenvalue weighted by molar-refractivity contribution is 8.00. The molecule has 0 aromatic heterocycles. The van der Waals surface area contributed by atoms with Gasteiger partial charge in [0.1, 0.15) is 0 Å². The molecule has 0 saturated heterocycles. The number of nitrogens with one attached hydrogen (secondary N) is 1. The van der Waals surface area contributed by atoms with Crippen molar-refractivity contribution in [3.05, 3.63) is 59.7 Å². The van der Waals surface area contributed by atoms with E-state index in [1.165, 1.54) is 18.7 Å². The minimum atomic E-state index is -0.0405. The zero-order chi connectivity index (χ0) is 15.2. The number of ketones is 1. The lowest BCUT2D eigenvalue weighted by atomic mass is 10.2. The maximum atomic E-state index is 11.9. The minimum Gasteiger partial charge on any atom is -0.325 e. The fraction of sp³-hybridized carbons (Fsp3) is 0.176. The second kappa shape index (κ2) is 7.09. The first-order valence-electron chi connectivity index (χ1n) is 6.65. The lowest BCUT2D eigenvalue weighted by Gasteiger charge is -2.06. The molecule has 0 radical (unpaired) electrons. The van der Waals surface area contributed by atoms with Crippen molar-refractivity contribution in [3.8, 4) is 0 Å². The average molecular weight is 299 g/mol. The molecule has 3 nitrogen and oxygen atoms in total. The van der Waals surface area contributed by atoms with Gasteiger partial charge in [0.25, 0.3) is 0 Å². The van der Waals surface area contributed by atoms with Crippen LogP contribution in [0.1, 0.15) is 22.8 Å². The third kappa shape index (κ3) is 4.76. The third-order valence-corrected chi connectivity index (χ3v) is 3.94. The van der Waals surface area contributed by atoms with E-state index in [9.17, 15) is 9.59 Å². The number of benzene rings is 2. The van der Waals surface area contributed by atoms with Gasteiger partial charge in [0, 0.05) is 16.1 Å². The van der Waals surface area contributed by atoms with Crippen LogP contribution in [0.25, 0.3) is 0 Å². The van der Waals surface area contributed by atoms with E-state index in [-0.39, 0.29) is 11.7 Å². The Bertz CT molecular complexity index is 650. The van der Waals surface area contributed by atoms with E-state index in [4.69, 9.17) is 0 Å². The second-order valence-electron chi connectivity index (χ2n) is 4.79. The van der Waals surface area contributed by atoms with Crippen molar-refractivity contribution >= 4 is 29.1 Å². The summed E-state index contributed by atoms with van der Waals surface area (Å²) in [5.41, 5.74) is 2.61. The van der Waals surface area contributed by atoms with Gasteiger partial charge in [0.05, 0.1) is 5.75 Å². The van der Waals surface area contributed by atoms with E-state index in [0.717, 1.165) is 16.1 Å². The zero-order valence-electron chi connectivity index (χ0n) is 12.1. The highest BCUT2D eigenvalue weighted by atomic mass is 32.2. The number of Topliss-reactive ketones (excluding diaryl/α,β-unsaturated/α-hetero) is 1. The summed E-state index contributed by atoms with van der Waals surface area (Å²) in [4.78, 5) is 24.0. The number of amides is 1. The average Bonchev–Trinajstić information content (AvgIpc) is 2.45. The SMILES string of the molecule is CC(=O)c1ccc(SCC(=O)Nc2cccc(C)c2)cc1. The van der Waals surface area contributed by atoms with Gasteiger partial charge in [-0.15, -0.1) is 11.8 Å². The Morgan fingerprint density at radius 2 is 1.81 bits per heavy atom. The number of anilines is 1. The Morgan fingerprint density at radius 3 is 2.43 bits per heavy atom. The van der Waals surface area contributed by atoms with Gasteiger partial charge in [-0.1, -0.05) is 24.3 Å². The third-order valence-electron chi connectivity index (χ3n) is 2.93. The topological polar surface area (TPSA) is 46.2 Å². The van der Waals surface area contributed by atoms with Crippen molar-refractivity contribution in [1.82, 2.24) is 0 Å². The molecule has 0 bridgehead atoms. The van der Waals surface area contributed by atoms with Crippen LogP contribution in [-0.4, -0.2) is 17.4 Å². The van der Waals surface area contributed by atoms with E-state index in [2.05, 4.69) is 5.32 Å². The smallest absolute Gasteiger partial charge is 0.234 e. The normalized spacial score (nSPS) is 10.2. The van der Waals surface area contributed by atoms with Crippen LogP contribution in [-0.2, 0) is 4.79 Å². The summed E-state index contributed by atoms with van der Waals surface area (Å²) >= 11 is 1.45. The maximum Gasteiger partial charge on any atom is 0.234 e. The molecule has 108 valence electrons. The molecule has 0 heterocycles. The summed E-state index contributed by atoms with van der Waals surface area (Å²) in [7, 11) is 0. The van der Waals surface area contributed by atoms with E-state index in [1.807, 2.05) is 43.3 Å². The van der Waals surface area contributed by atoms with E-state index >= 15 is 0 Å². The van der Waals surface area contributed by atoms with Gasteiger partial charge in [0.15, 0.2) is 5.78 Å². The second-order valence-corrected chi connectivity index (χ2v) is 5.84. The predicted molar refractivity (Wildman–Crippen MR) is 87.0 cm³/mol. The summed E-state index contributed by atoms with van der Waals surface area (Å²) < 4.78 is 0. The molecule has 0 unspecified atom stereocenters. The van der Waals surface area contributed by atoms with Crippen LogP contribution in [0.5, 0.6) is 0 Å². The van der Waals surface area contributed by atoms with E-state index < -0.39 is 0 Å². The van der Waals surface area contributed by atoms with Crippen LogP contribution >= 0.6 is 11.8 Å². The highest BCUT2D eigenvalue weighted by Gasteiger charge is 2.05. The highest BCUT2D eigenvalue weighted by Crippen LogP contribution is 2.19. The molecule has 1 N–H and O–H groups in total. The first-order valence-corrected chi connectivity index (χ1v) is 7.63. The van der Waals surface area contributed by atoms with Gasteiger partial charge in [-0.05, 0) is 43.7 Å². The molecule has 0 aliphatic rings. The Morgan fingerprint density at radius 1 is 1.10 bits per heavy atom. The van der Waals surface area contributed by atoms with E-state index in [0.29, 0.717) is 11.3 Å². The quantitative estimate of drug-likeness (QED) is 0.672. The number of carbonyl (C=O) groups excluding carboxylic acids is 2. The van der Waals surface area contributed by atoms with Crippen LogP contribution in [0, 0.1) is 6.92 Å². The number of rotatable bonds is 5. The molecule has 0 saturated carbocycles. The van der Waals surface area contributed by atoms with Crippen LogP contribution in [0.4, 0.5) is 5.69 Å². The Kier molecular flexibility index (Phi) is 5.17. The molecule has 0 aliphatic carbocycles. The van der Waals surface area contributed by atoms with Crippen molar-refractivity contribution in [1.29, 1.82) is 0 Å². The van der Waals surface area contributed by atoms with Crippen molar-refractivity contribution in [2.45, 2.75) is 18.7 Å². The van der Waals surface area contributed by atoms with Gasteiger partial charge in [-0.3, -0.25) is 9.59 Å². The Labute approximate surface area is 128 Å². The zero-order valence-corrected chi connectivity index (χ0v) is 12.9. The van der Waals surface area contributed by atoms with Crippen LogP contribution in [0.2, 0.25) is 0 Å². The predicted octanol–water partition coefficient (Wildman–Crippen LogP) is 3.93. The van der Waals surface area contributed by atoms with Gasteiger partial charge in [0.2, 0.25) is 5.91 Å². The summed E-state index contributed by atoms with van der Waals surface area (Å²) in [6, 6.07) is 15.0. The molecule has 0 atom stereocenters. The van der Waals surface area contributed by atoms with Crippen LogP contribution in [0.3, 0.4) is 0 Å². The van der Waals surface area contributed by atoms with Crippen molar-refractivity contribution in [2.75, 3.05) is 11.1 Å². The summed E-state index contributed by atoms with van der Waals surface area (Å²) in [6.45, 7) is 3.53. The van der Waals surface area contributed by atoms with Crippen LogP contribution in [0.15, 0.2) is 53.4 Å². The summed E-state index contributed by atoms with van der Waals surface area (Å²) in [5.74, 6) is 0.345. The number of carbonyl (C=O) groups is 2. The Hall–Kier alpha value is -2.07. The van der Waals surface area contributed by atoms with Gasteiger partial charge in [-0.25, -0.2) is 0 Å². The lowest BCUT2D eigenvalue weighted by molar-refractivity contribution is -0.113. The summed E-state index contributed by atoms with van der Waals surface area (Å²) in [5, 5.41) is 2.87. The number of aryl methyl sites for hydroxylation is 1. The molecule has 2 aromatic rings. The molecule has 4 heteroatoms. The molecule has 0 fully saturated rings. The molecule has 0 aliphatic heterocycles. The van der Waals surface area contributed by atoms with Crippen molar-refractivity contribution in [3.63, 3.8) is 0 Å². The molecule has 0 spiro atoms. The maximum absolute atomic E-state index is 11.9. The van der Waals surface area contributed by atoms with Gasteiger partial charge >= 0.3 is 0 Å². The Balaban J connectivity index is 1.87. The molecule has 2 aromatic carbocycles. The number of hydrogen-bond acceptors (Lipinski definition) is 3. The standard InChI is InChI=1S/C17H17NO2S/c1-12-4-3-5-15(10-12)18-17(20)11-21-16-8-6-14(7-9-16)13(2)19/h3-10H,11H2,1-2H3,(H,18,20). The number of hydrogen-bond donors (Lipinski definition) is 1. The van der Waals surface area contributed by atoms with Gasteiger partial charge < -0.3 is 5.32 Å². The van der Waals surface area contributed by atoms with Crippen molar-refractivity contribution in [2.24, 2.45) is 0 Å². The fourth-order valence-corrected chi connectivity index (χ4v) is 2.55. The molecular weight excluding hydrogens is 282 g/mol. The molecule has 1 amide bonds. The van der Waals surface area contributed by atoms with Gasteiger partial charge in [-0.2, -0.15) is 0 Å². The fourth-order valence-electron chi connectivity index (χ4n) is 1.85.